The number of hydrogen-bond donors (Lipinski definition) is 1. The van der Waals surface area contributed by atoms with Crippen molar-refractivity contribution in [3.8, 4) is 0 Å². The molecule has 18 heavy (non-hydrogen) atoms. The van der Waals surface area contributed by atoms with Crippen molar-refractivity contribution in [1.82, 2.24) is 9.88 Å². The van der Waals surface area contributed by atoms with Crippen LogP contribution >= 0.6 is 0 Å². The van der Waals surface area contributed by atoms with Crippen molar-refractivity contribution in [2.45, 2.75) is 25.8 Å². The predicted molar refractivity (Wildman–Crippen MR) is 69.8 cm³/mol. The molecule has 1 aliphatic heterocycles. The molecule has 0 radical (unpaired) electrons. The van der Waals surface area contributed by atoms with E-state index in [0.717, 1.165) is 18.7 Å². The van der Waals surface area contributed by atoms with Crippen molar-refractivity contribution in [3.05, 3.63) is 27.9 Å². The first-order chi connectivity index (χ1) is 8.58. The minimum Gasteiger partial charge on any atom is -0.363 e. The summed E-state index contributed by atoms with van der Waals surface area (Å²) in [6.45, 7) is 3.63. The van der Waals surface area contributed by atoms with Gasteiger partial charge in [-0.1, -0.05) is 0 Å². The number of aryl methyl sites for hydroxylation is 1. The van der Waals surface area contributed by atoms with Crippen LogP contribution in [0.3, 0.4) is 0 Å². The van der Waals surface area contributed by atoms with E-state index in [1.807, 2.05) is 6.92 Å². The van der Waals surface area contributed by atoms with E-state index in [1.54, 1.807) is 6.07 Å². The maximum atomic E-state index is 10.9. The average Bonchev–Trinajstić information content (AvgIpc) is 2.72. The summed E-state index contributed by atoms with van der Waals surface area (Å²) < 4.78 is 0. The van der Waals surface area contributed by atoms with Gasteiger partial charge >= 0.3 is 5.69 Å². The van der Waals surface area contributed by atoms with Gasteiger partial charge in [-0.05, 0) is 39.4 Å². The lowest BCUT2D eigenvalue weighted by Gasteiger charge is -2.19. The molecule has 0 aromatic carbocycles. The largest absolute Gasteiger partial charge is 0.363 e. The molecule has 1 N–H and O–H groups in total. The van der Waals surface area contributed by atoms with Gasteiger partial charge in [0.15, 0.2) is 0 Å². The highest BCUT2D eigenvalue weighted by Gasteiger charge is 2.22. The molecule has 2 heterocycles. The fourth-order valence-corrected chi connectivity index (χ4v) is 2.28. The molecule has 0 spiro atoms. The highest BCUT2D eigenvalue weighted by molar-refractivity contribution is 5.56. The summed E-state index contributed by atoms with van der Waals surface area (Å²) >= 11 is 0. The fourth-order valence-electron chi connectivity index (χ4n) is 2.28. The van der Waals surface area contributed by atoms with E-state index in [4.69, 9.17) is 0 Å². The lowest BCUT2D eigenvalue weighted by molar-refractivity contribution is -0.384. The molecular weight excluding hydrogens is 232 g/mol. The van der Waals surface area contributed by atoms with Crippen molar-refractivity contribution in [2.24, 2.45) is 0 Å². The molecule has 0 saturated carbocycles. The number of nitrogens with one attached hydrogen (secondary N) is 1. The third-order valence-corrected chi connectivity index (χ3v) is 3.39. The quantitative estimate of drug-likeness (QED) is 0.651. The fraction of sp³-hybridized carbons (Fsp3) is 0.583. The van der Waals surface area contributed by atoms with Gasteiger partial charge in [0, 0.05) is 24.3 Å². The van der Waals surface area contributed by atoms with E-state index >= 15 is 0 Å². The number of nitrogens with zero attached hydrogens (tertiary/aromatic N) is 3. The monoisotopic (exact) mass is 250 g/mol. The summed E-state index contributed by atoms with van der Waals surface area (Å²) in [6, 6.07) is 3.60. The third kappa shape index (κ3) is 2.76. The number of hydrogen-bond acceptors (Lipinski definition) is 5. The van der Waals surface area contributed by atoms with E-state index in [-0.39, 0.29) is 5.69 Å². The van der Waals surface area contributed by atoms with Gasteiger partial charge in [0.25, 0.3) is 0 Å². The highest BCUT2D eigenvalue weighted by Crippen LogP contribution is 2.23. The Hall–Kier alpha value is -1.69. The first kappa shape index (κ1) is 12.8. The van der Waals surface area contributed by atoms with Crippen LogP contribution in [0, 0.1) is 17.0 Å². The smallest absolute Gasteiger partial charge is 0.311 e. The van der Waals surface area contributed by atoms with Crippen molar-refractivity contribution in [3.63, 3.8) is 0 Å². The van der Waals surface area contributed by atoms with Crippen molar-refractivity contribution in [1.29, 1.82) is 0 Å². The SMILES string of the molecule is Cc1ccc([N+](=O)[O-])c(NCC2CCCN2C)n1. The van der Waals surface area contributed by atoms with Crippen LogP contribution < -0.4 is 5.32 Å². The van der Waals surface area contributed by atoms with E-state index in [0.29, 0.717) is 18.4 Å². The van der Waals surface area contributed by atoms with Crippen molar-refractivity contribution < 1.29 is 4.92 Å². The van der Waals surface area contributed by atoms with Crippen LogP contribution in [0.4, 0.5) is 11.5 Å². The Morgan fingerprint density at radius 3 is 3.00 bits per heavy atom. The van der Waals surface area contributed by atoms with Crippen LogP contribution in [-0.2, 0) is 0 Å². The minimum atomic E-state index is -0.396. The van der Waals surface area contributed by atoms with Gasteiger partial charge in [-0.2, -0.15) is 0 Å². The summed E-state index contributed by atoms with van der Waals surface area (Å²) in [4.78, 5) is 17.0. The molecule has 0 bridgehead atoms. The number of nitro groups is 1. The van der Waals surface area contributed by atoms with Gasteiger partial charge in [-0.3, -0.25) is 10.1 Å². The summed E-state index contributed by atoms with van der Waals surface area (Å²) in [5.41, 5.74) is 0.823. The van der Waals surface area contributed by atoms with Crippen LogP contribution in [0.25, 0.3) is 0 Å². The number of anilines is 1. The number of likely N-dealkylation sites (tertiary alicyclic amines) is 1. The van der Waals surface area contributed by atoms with E-state index in [9.17, 15) is 10.1 Å². The molecule has 1 aromatic rings. The molecule has 6 heteroatoms. The number of rotatable bonds is 4. The molecule has 1 aromatic heterocycles. The molecule has 0 amide bonds. The molecule has 98 valence electrons. The lowest BCUT2D eigenvalue weighted by atomic mass is 10.2. The Bertz CT molecular complexity index is 450. The predicted octanol–water partition coefficient (Wildman–Crippen LogP) is 1.80. The molecule has 1 saturated heterocycles. The van der Waals surface area contributed by atoms with Crippen molar-refractivity contribution >= 4 is 11.5 Å². The van der Waals surface area contributed by atoms with Crippen LogP contribution in [-0.4, -0.2) is 41.0 Å². The van der Waals surface area contributed by atoms with E-state index in [1.165, 1.54) is 12.5 Å². The first-order valence-corrected chi connectivity index (χ1v) is 6.14. The summed E-state index contributed by atoms with van der Waals surface area (Å²) in [5, 5.41) is 14.0. The van der Waals surface area contributed by atoms with Gasteiger partial charge in [0.1, 0.15) is 0 Å². The number of pyridine rings is 1. The van der Waals surface area contributed by atoms with Gasteiger partial charge in [0.2, 0.25) is 5.82 Å². The van der Waals surface area contributed by atoms with Crippen LogP contribution in [0.1, 0.15) is 18.5 Å². The van der Waals surface area contributed by atoms with Gasteiger partial charge in [-0.25, -0.2) is 4.98 Å². The van der Waals surface area contributed by atoms with E-state index in [2.05, 4.69) is 22.2 Å². The van der Waals surface area contributed by atoms with Gasteiger partial charge in [0.05, 0.1) is 4.92 Å². The highest BCUT2D eigenvalue weighted by atomic mass is 16.6. The molecule has 1 unspecified atom stereocenters. The summed E-state index contributed by atoms with van der Waals surface area (Å²) in [6.07, 6.45) is 2.31. The zero-order valence-corrected chi connectivity index (χ0v) is 10.7. The maximum absolute atomic E-state index is 10.9. The molecule has 1 fully saturated rings. The Labute approximate surface area is 106 Å². The standard InChI is InChI=1S/C12H18N4O2/c1-9-5-6-11(16(17)18)12(14-9)13-8-10-4-3-7-15(10)2/h5-6,10H,3-4,7-8H2,1-2H3,(H,13,14). The number of aromatic nitrogens is 1. The second kappa shape index (κ2) is 5.30. The normalized spacial score (nSPS) is 20.0. The molecule has 1 atom stereocenters. The number of likely N-dealkylation sites (N-methyl/N-ethyl adjacent to an activating group) is 1. The van der Waals surface area contributed by atoms with Gasteiger partial charge < -0.3 is 10.2 Å². The molecule has 2 rings (SSSR count). The Morgan fingerprint density at radius 1 is 1.61 bits per heavy atom. The second-order valence-electron chi connectivity index (χ2n) is 4.74. The lowest BCUT2D eigenvalue weighted by Crippen LogP contribution is -2.31. The third-order valence-electron chi connectivity index (χ3n) is 3.39. The van der Waals surface area contributed by atoms with E-state index < -0.39 is 4.92 Å². The van der Waals surface area contributed by atoms with Crippen LogP contribution in [0.5, 0.6) is 0 Å². The summed E-state index contributed by atoms with van der Waals surface area (Å²) in [5.74, 6) is 0.375. The molecular formula is C12H18N4O2. The zero-order valence-electron chi connectivity index (χ0n) is 10.7. The zero-order chi connectivity index (χ0) is 13.1. The van der Waals surface area contributed by atoms with Crippen LogP contribution in [0.2, 0.25) is 0 Å². The Balaban J connectivity index is 2.08. The van der Waals surface area contributed by atoms with Crippen molar-refractivity contribution in [2.75, 3.05) is 25.5 Å². The average molecular weight is 250 g/mol. The molecule has 6 nitrogen and oxygen atoms in total. The minimum absolute atomic E-state index is 0.0428. The topological polar surface area (TPSA) is 71.3 Å². The molecule has 1 aliphatic rings. The van der Waals surface area contributed by atoms with Gasteiger partial charge in [-0.15, -0.1) is 0 Å². The van der Waals surface area contributed by atoms with Crippen LogP contribution in [0.15, 0.2) is 12.1 Å². The maximum Gasteiger partial charge on any atom is 0.311 e. The first-order valence-electron chi connectivity index (χ1n) is 6.14. The molecule has 0 aliphatic carbocycles. The second-order valence-corrected chi connectivity index (χ2v) is 4.74. The Kier molecular flexibility index (Phi) is 3.76. The Morgan fingerprint density at radius 2 is 2.39 bits per heavy atom. The summed E-state index contributed by atoms with van der Waals surface area (Å²) in [7, 11) is 2.08.